The first-order chi connectivity index (χ1) is 8.13. The molecule has 94 valence electrons. The Morgan fingerprint density at radius 2 is 2.29 bits per heavy atom. The van der Waals surface area contributed by atoms with Crippen molar-refractivity contribution in [3.05, 3.63) is 33.5 Å². The summed E-state index contributed by atoms with van der Waals surface area (Å²) in [7, 11) is 0. The summed E-state index contributed by atoms with van der Waals surface area (Å²) >= 11 is 5.21. The van der Waals surface area contributed by atoms with Crippen molar-refractivity contribution in [2.75, 3.05) is 12.3 Å². The molecule has 1 aromatic carbocycles. The van der Waals surface area contributed by atoms with Crippen LogP contribution < -0.4 is 5.32 Å². The van der Waals surface area contributed by atoms with E-state index >= 15 is 0 Å². The molecule has 0 aromatic heterocycles. The molecule has 0 radical (unpaired) electrons. The van der Waals surface area contributed by atoms with Crippen LogP contribution in [0.5, 0.6) is 0 Å². The Morgan fingerprint density at radius 1 is 1.53 bits per heavy atom. The summed E-state index contributed by atoms with van der Waals surface area (Å²) in [5.74, 6) is 2.29. The van der Waals surface area contributed by atoms with Gasteiger partial charge in [-0.3, -0.25) is 0 Å². The SMILES string of the molecule is CCNC1c2cc(Br)cc(F)c2CSCC1C. The Labute approximate surface area is 115 Å². The van der Waals surface area contributed by atoms with Crippen LogP contribution in [0.15, 0.2) is 16.6 Å². The number of halogens is 2. The summed E-state index contributed by atoms with van der Waals surface area (Å²) in [6.45, 7) is 5.24. The van der Waals surface area contributed by atoms with E-state index in [9.17, 15) is 4.39 Å². The molecular formula is C13H17BrFNS. The Bertz CT molecular complexity index is 411. The van der Waals surface area contributed by atoms with E-state index in [1.165, 1.54) is 0 Å². The van der Waals surface area contributed by atoms with Gasteiger partial charge in [-0.15, -0.1) is 0 Å². The Kier molecular flexibility index (Phi) is 4.50. The van der Waals surface area contributed by atoms with Gasteiger partial charge in [-0.1, -0.05) is 29.8 Å². The molecule has 0 fully saturated rings. The first-order valence-electron chi connectivity index (χ1n) is 5.92. The monoisotopic (exact) mass is 317 g/mol. The van der Waals surface area contributed by atoms with Gasteiger partial charge in [-0.2, -0.15) is 11.8 Å². The molecule has 1 N–H and O–H groups in total. The second kappa shape index (κ2) is 5.72. The number of benzene rings is 1. The predicted octanol–water partition coefficient (Wildman–Crippen LogP) is 4.12. The molecule has 1 heterocycles. The van der Waals surface area contributed by atoms with Crippen LogP contribution in [0.25, 0.3) is 0 Å². The van der Waals surface area contributed by atoms with E-state index in [-0.39, 0.29) is 11.9 Å². The zero-order valence-corrected chi connectivity index (χ0v) is 12.5. The molecule has 0 spiro atoms. The smallest absolute Gasteiger partial charge is 0.128 e. The molecule has 1 nitrogen and oxygen atoms in total. The average Bonchev–Trinajstić information content (AvgIpc) is 2.41. The maximum atomic E-state index is 14.0. The van der Waals surface area contributed by atoms with Crippen molar-refractivity contribution >= 4 is 27.7 Å². The number of nitrogens with one attached hydrogen (secondary N) is 1. The lowest BCUT2D eigenvalue weighted by atomic mass is 9.92. The molecule has 1 aliphatic rings. The minimum atomic E-state index is -0.0844. The summed E-state index contributed by atoms with van der Waals surface area (Å²) in [5, 5.41) is 3.48. The van der Waals surface area contributed by atoms with Crippen LogP contribution >= 0.6 is 27.7 Å². The standard InChI is InChI=1S/C13H17BrFNS/c1-3-16-13-8(2)6-17-7-11-10(13)4-9(14)5-12(11)15/h4-5,8,13,16H,3,6-7H2,1-2H3. The summed E-state index contributed by atoms with van der Waals surface area (Å²) in [5.41, 5.74) is 1.99. The number of thioether (sulfide) groups is 1. The molecule has 2 atom stereocenters. The van der Waals surface area contributed by atoms with Crippen molar-refractivity contribution < 1.29 is 4.39 Å². The molecule has 0 aliphatic carbocycles. The van der Waals surface area contributed by atoms with Gasteiger partial charge in [0.25, 0.3) is 0 Å². The van der Waals surface area contributed by atoms with E-state index in [4.69, 9.17) is 0 Å². The topological polar surface area (TPSA) is 12.0 Å². The number of fused-ring (bicyclic) bond motifs is 1. The highest BCUT2D eigenvalue weighted by Gasteiger charge is 2.26. The third-order valence-corrected chi connectivity index (χ3v) is 4.86. The third-order valence-electron chi connectivity index (χ3n) is 3.15. The maximum Gasteiger partial charge on any atom is 0.128 e. The number of hydrogen-bond donors (Lipinski definition) is 1. The summed E-state index contributed by atoms with van der Waals surface area (Å²) in [4.78, 5) is 0. The van der Waals surface area contributed by atoms with Gasteiger partial charge in [-0.05, 0) is 35.9 Å². The summed E-state index contributed by atoms with van der Waals surface area (Å²) in [6.07, 6.45) is 0. The van der Waals surface area contributed by atoms with E-state index < -0.39 is 0 Å². The first kappa shape index (κ1) is 13.4. The van der Waals surface area contributed by atoms with Crippen molar-refractivity contribution in [2.24, 2.45) is 5.92 Å². The Balaban J connectivity index is 2.48. The Morgan fingerprint density at radius 3 is 3.00 bits per heavy atom. The van der Waals surface area contributed by atoms with Crippen LogP contribution in [-0.2, 0) is 5.75 Å². The largest absolute Gasteiger partial charge is 0.310 e. The molecule has 0 saturated heterocycles. The van der Waals surface area contributed by atoms with Gasteiger partial charge in [0.05, 0.1) is 0 Å². The van der Waals surface area contributed by atoms with Crippen LogP contribution in [0.4, 0.5) is 4.39 Å². The average molecular weight is 318 g/mol. The normalized spacial score (nSPS) is 24.2. The van der Waals surface area contributed by atoms with E-state index in [2.05, 4.69) is 41.2 Å². The highest BCUT2D eigenvalue weighted by atomic mass is 79.9. The maximum absolute atomic E-state index is 14.0. The quantitative estimate of drug-likeness (QED) is 0.880. The van der Waals surface area contributed by atoms with E-state index in [0.29, 0.717) is 5.92 Å². The zero-order valence-electron chi connectivity index (χ0n) is 10.1. The van der Waals surface area contributed by atoms with Crippen molar-refractivity contribution in [2.45, 2.75) is 25.6 Å². The highest BCUT2D eigenvalue weighted by Crippen LogP contribution is 2.37. The van der Waals surface area contributed by atoms with Crippen molar-refractivity contribution in [1.29, 1.82) is 0 Å². The van der Waals surface area contributed by atoms with Gasteiger partial charge in [0.2, 0.25) is 0 Å². The van der Waals surface area contributed by atoms with Crippen LogP contribution in [-0.4, -0.2) is 12.3 Å². The second-order valence-electron chi connectivity index (χ2n) is 4.48. The summed E-state index contributed by atoms with van der Waals surface area (Å²) in [6, 6.07) is 3.89. The van der Waals surface area contributed by atoms with Crippen LogP contribution in [0.3, 0.4) is 0 Å². The molecule has 2 unspecified atom stereocenters. The Hall–Kier alpha value is -0.0600. The van der Waals surface area contributed by atoms with Crippen molar-refractivity contribution in [3.8, 4) is 0 Å². The fraction of sp³-hybridized carbons (Fsp3) is 0.538. The van der Waals surface area contributed by atoms with Gasteiger partial charge in [0, 0.05) is 21.8 Å². The van der Waals surface area contributed by atoms with Crippen molar-refractivity contribution in [3.63, 3.8) is 0 Å². The number of rotatable bonds is 2. The molecule has 1 aromatic rings. The molecule has 1 aliphatic heterocycles. The van der Waals surface area contributed by atoms with Gasteiger partial charge >= 0.3 is 0 Å². The molecular weight excluding hydrogens is 301 g/mol. The highest BCUT2D eigenvalue weighted by molar-refractivity contribution is 9.10. The van der Waals surface area contributed by atoms with Crippen LogP contribution in [0.2, 0.25) is 0 Å². The minimum Gasteiger partial charge on any atom is -0.310 e. The lowest BCUT2D eigenvalue weighted by Gasteiger charge is -2.24. The first-order valence-corrected chi connectivity index (χ1v) is 7.87. The van der Waals surface area contributed by atoms with Crippen LogP contribution in [0, 0.1) is 11.7 Å². The lowest BCUT2D eigenvalue weighted by Crippen LogP contribution is -2.28. The lowest BCUT2D eigenvalue weighted by molar-refractivity contribution is 0.426. The van der Waals surface area contributed by atoms with E-state index in [1.807, 2.05) is 11.8 Å². The number of hydrogen-bond acceptors (Lipinski definition) is 2. The fourth-order valence-electron chi connectivity index (χ4n) is 2.33. The minimum absolute atomic E-state index is 0.0844. The third kappa shape index (κ3) is 2.85. The molecule has 0 amide bonds. The molecule has 4 heteroatoms. The predicted molar refractivity (Wildman–Crippen MR) is 75.8 cm³/mol. The molecule has 0 saturated carbocycles. The van der Waals surface area contributed by atoms with Gasteiger partial charge in [-0.25, -0.2) is 4.39 Å². The van der Waals surface area contributed by atoms with E-state index in [0.717, 1.165) is 33.7 Å². The summed E-state index contributed by atoms with van der Waals surface area (Å²) < 4.78 is 14.8. The van der Waals surface area contributed by atoms with E-state index in [1.54, 1.807) is 6.07 Å². The van der Waals surface area contributed by atoms with Gasteiger partial charge in [0.15, 0.2) is 0 Å². The zero-order chi connectivity index (χ0) is 12.4. The molecule has 0 bridgehead atoms. The molecule has 17 heavy (non-hydrogen) atoms. The van der Waals surface area contributed by atoms with Gasteiger partial charge in [0.1, 0.15) is 5.82 Å². The molecule has 2 rings (SSSR count). The van der Waals surface area contributed by atoms with Gasteiger partial charge < -0.3 is 5.32 Å². The fourth-order valence-corrected chi connectivity index (χ4v) is 3.97. The van der Waals surface area contributed by atoms with Crippen molar-refractivity contribution in [1.82, 2.24) is 5.32 Å². The second-order valence-corrected chi connectivity index (χ2v) is 6.43. The van der Waals surface area contributed by atoms with Crippen LogP contribution in [0.1, 0.15) is 31.0 Å².